The van der Waals surface area contributed by atoms with Crippen molar-refractivity contribution in [3.63, 3.8) is 0 Å². The van der Waals surface area contributed by atoms with Gasteiger partial charge in [-0.3, -0.25) is 4.79 Å². The van der Waals surface area contributed by atoms with Crippen molar-refractivity contribution < 1.29 is 28.2 Å². The number of esters is 1. The molecule has 0 saturated heterocycles. The first kappa shape index (κ1) is 17.7. The molecule has 1 heterocycles. The fraction of sp³-hybridized carbons (Fsp3) is 0.200. The number of rotatable bonds is 5. The lowest BCUT2D eigenvalue weighted by Gasteiger charge is -2.13. The summed E-state index contributed by atoms with van der Waals surface area (Å²) in [6, 6.07) is 10.4. The van der Waals surface area contributed by atoms with Crippen LogP contribution < -0.4 is 9.47 Å². The van der Waals surface area contributed by atoms with Crippen LogP contribution in [0.1, 0.15) is 29.8 Å². The molecule has 0 bridgehead atoms. The highest BCUT2D eigenvalue weighted by Crippen LogP contribution is 2.35. The number of carbonyl (C=O) groups is 2. The minimum Gasteiger partial charge on any atom is -0.479 e. The van der Waals surface area contributed by atoms with E-state index in [9.17, 15) is 14.0 Å². The largest absolute Gasteiger partial charge is 0.479 e. The Labute approximate surface area is 150 Å². The smallest absolute Gasteiger partial charge is 0.347 e. The van der Waals surface area contributed by atoms with Crippen LogP contribution in [0.5, 0.6) is 11.5 Å². The van der Waals surface area contributed by atoms with E-state index >= 15 is 0 Å². The van der Waals surface area contributed by atoms with Crippen molar-refractivity contribution in [2.45, 2.75) is 20.0 Å². The summed E-state index contributed by atoms with van der Waals surface area (Å²) in [6.45, 7) is 3.57. The summed E-state index contributed by atoms with van der Waals surface area (Å²) in [5, 5.41) is 0. The van der Waals surface area contributed by atoms with E-state index in [0.29, 0.717) is 22.6 Å². The van der Waals surface area contributed by atoms with Gasteiger partial charge in [0.05, 0.1) is 12.2 Å². The fourth-order valence-electron chi connectivity index (χ4n) is 2.46. The van der Waals surface area contributed by atoms with E-state index in [1.165, 1.54) is 12.1 Å². The third kappa shape index (κ3) is 3.74. The van der Waals surface area contributed by atoms with Gasteiger partial charge in [0.1, 0.15) is 17.3 Å². The molecule has 0 aromatic heterocycles. The lowest BCUT2D eigenvalue weighted by molar-refractivity contribution is -0.150. The first-order valence-electron chi connectivity index (χ1n) is 8.15. The highest BCUT2D eigenvalue weighted by Gasteiger charge is 2.28. The number of hydrogen-bond acceptors (Lipinski definition) is 5. The summed E-state index contributed by atoms with van der Waals surface area (Å²) in [6.07, 6.45) is 0.767. The molecule has 3 rings (SSSR count). The number of ether oxygens (including phenoxy) is 3. The zero-order chi connectivity index (χ0) is 18.7. The van der Waals surface area contributed by atoms with Crippen LogP contribution in [-0.4, -0.2) is 24.5 Å². The van der Waals surface area contributed by atoms with E-state index < -0.39 is 12.1 Å². The number of carbonyl (C=O) groups excluding carboxylic acids is 2. The Morgan fingerprint density at radius 3 is 2.65 bits per heavy atom. The number of benzene rings is 2. The lowest BCUT2D eigenvalue weighted by Crippen LogP contribution is -2.26. The molecule has 1 atom stereocenters. The van der Waals surface area contributed by atoms with Gasteiger partial charge in [0.2, 0.25) is 5.78 Å². The number of allylic oxidation sites excluding steroid dienone is 1. The topological polar surface area (TPSA) is 61.8 Å². The minimum atomic E-state index is -0.778. The predicted octanol–water partition coefficient (Wildman–Crippen LogP) is 3.77. The molecular weight excluding hydrogens is 339 g/mol. The molecule has 2 aromatic carbocycles. The molecule has 1 aliphatic heterocycles. The summed E-state index contributed by atoms with van der Waals surface area (Å²) in [4.78, 5) is 24.1. The number of ketones is 1. The van der Waals surface area contributed by atoms with Crippen molar-refractivity contribution >= 4 is 17.8 Å². The van der Waals surface area contributed by atoms with E-state index in [4.69, 9.17) is 14.2 Å². The normalized spacial score (nSPS) is 15.3. The average molecular weight is 356 g/mol. The molecule has 0 radical (unpaired) electrons. The quantitative estimate of drug-likeness (QED) is 0.603. The van der Waals surface area contributed by atoms with Crippen LogP contribution in [0.15, 0.2) is 48.2 Å². The maximum atomic E-state index is 13.0. The van der Waals surface area contributed by atoms with Gasteiger partial charge in [-0.1, -0.05) is 12.1 Å². The summed E-state index contributed by atoms with van der Waals surface area (Å²) < 4.78 is 29.0. The van der Waals surface area contributed by atoms with Gasteiger partial charge in [0, 0.05) is 6.07 Å². The molecule has 2 aromatic rings. The second-order valence-corrected chi connectivity index (χ2v) is 5.66. The molecule has 0 N–H and O–H groups in total. The highest BCUT2D eigenvalue weighted by molar-refractivity contribution is 6.14. The Hall–Kier alpha value is -3.15. The number of hydrogen-bond donors (Lipinski definition) is 0. The van der Waals surface area contributed by atoms with E-state index in [1.807, 2.05) is 0 Å². The first-order chi connectivity index (χ1) is 12.5. The van der Waals surface area contributed by atoms with Crippen LogP contribution in [0.3, 0.4) is 0 Å². The van der Waals surface area contributed by atoms with E-state index in [2.05, 4.69) is 0 Å². The Morgan fingerprint density at radius 1 is 1.23 bits per heavy atom. The molecule has 0 aliphatic carbocycles. The summed E-state index contributed by atoms with van der Waals surface area (Å²) >= 11 is 0. The second-order valence-electron chi connectivity index (χ2n) is 5.66. The number of Topliss-reactive ketones (excluding diaryl/α,β-unsaturated/α-hetero) is 1. The average Bonchev–Trinajstić information content (AvgIpc) is 2.92. The van der Waals surface area contributed by atoms with Crippen molar-refractivity contribution in [2.24, 2.45) is 0 Å². The van der Waals surface area contributed by atoms with Crippen LogP contribution in [-0.2, 0) is 9.53 Å². The zero-order valence-corrected chi connectivity index (χ0v) is 14.3. The molecule has 0 fully saturated rings. The molecule has 5 nitrogen and oxygen atoms in total. The van der Waals surface area contributed by atoms with Gasteiger partial charge < -0.3 is 14.2 Å². The maximum Gasteiger partial charge on any atom is 0.347 e. The lowest BCUT2D eigenvalue weighted by atomic mass is 10.1. The van der Waals surface area contributed by atoms with E-state index in [1.54, 1.807) is 50.3 Å². The Bertz CT molecular complexity index is 870. The van der Waals surface area contributed by atoms with Gasteiger partial charge >= 0.3 is 5.97 Å². The summed E-state index contributed by atoms with van der Waals surface area (Å²) in [7, 11) is 0. The van der Waals surface area contributed by atoms with Crippen LogP contribution in [0.2, 0.25) is 0 Å². The molecule has 6 heteroatoms. The van der Waals surface area contributed by atoms with Crippen molar-refractivity contribution in [1.82, 2.24) is 0 Å². The molecule has 0 saturated carbocycles. The molecular formula is C20H17FO5. The standard InChI is InChI=1S/C20H17FO5/c1-3-24-20(23)12(2)25-15-8-9-16-17(11-15)26-18(19(16)22)10-13-4-6-14(21)7-5-13/h4-12H,3H2,1-2H3/b18-10-/t12-/m1/s1. The van der Waals surface area contributed by atoms with Crippen LogP contribution in [0, 0.1) is 5.82 Å². The maximum absolute atomic E-state index is 13.0. The molecule has 134 valence electrons. The first-order valence-corrected chi connectivity index (χ1v) is 8.15. The molecule has 26 heavy (non-hydrogen) atoms. The molecule has 1 aliphatic rings. The second kappa shape index (κ2) is 7.39. The Balaban J connectivity index is 1.77. The Kier molecular flexibility index (Phi) is 5.02. The summed E-state index contributed by atoms with van der Waals surface area (Å²) in [5.41, 5.74) is 1.05. The monoisotopic (exact) mass is 356 g/mol. The van der Waals surface area contributed by atoms with E-state index in [0.717, 1.165) is 0 Å². The van der Waals surface area contributed by atoms with Crippen molar-refractivity contribution in [3.05, 3.63) is 65.2 Å². The molecule has 0 unspecified atom stereocenters. The van der Waals surface area contributed by atoms with Gasteiger partial charge in [0.15, 0.2) is 11.9 Å². The van der Waals surface area contributed by atoms with Crippen molar-refractivity contribution in [1.29, 1.82) is 0 Å². The SMILES string of the molecule is CCOC(=O)[C@@H](C)Oc1ccc2c(c1)O/C(=C\c1ccc(F)cc1)C2=O. The minimum absolute atomic E-state index is 0.141. The van der Waals surface area contributed by atoms with Gasteiger partial charge in [-0.05, 0) is 49.8 Å². The number of halogens is 1. The van der Waals surface area contributed by atoms with E-state index in [-0.39, 0.29) is 24.0 Å². The highest BCUT2D eigenvalue weighted by atomic mass is 19.1. The van der Waals surface area contributed by atoms with Gasteiger partial charge in [-0.2, -0.15) is 0 Å². The van der Waals surface area contributed by atoms with Gasteiger partial charge in [-0.15, -0.1) is 0 Å². The van der Waals surface area contributed by atoms with Gasteiger partial charge in [-0.25, -0.2) is 9.18 Å². The Morgan fingerprint density at radius 2 is 1.96 bits per heavy atom. The van der Waals surface area contributed by atoms with Crippen LogP contribution in [0.4, 0.5) is 4.39 Å². The van der Waals surface area contributed by atoms with Crippen LogP contribution in [0.25, 0.3) is 6.08 Å². The summed E-state index contributed by atoms with van der Waals surface area (Å²) in [5.74, 6) is -0.220. The van der Waals surface area contributed by atoms with Gasteiger partial charge in [0.25, 0.3) is 0 Å². The molecule has 0 amide bonds. The zero-order valence-electron chi connectivity index (χ0n) is 14.3. The van der Waals surface area contributed by atoms with Crippen LogP contribution >= 0.6 is 0 Å². The molecule has 0 spiro atoms. The fourth-order valence-corrected chi connectivity index (χ4v) is 2.46. The third-order valence-electron chi connectivity index (χ3n) is 3.74. The third-order valence-corrected chi connectivity index (χ3v) is 3.74. The number of fused-ring (bicyclic) bond motifs is 1. The predicted molar refractivity (Wildman–Crippen MR) is 92.5 cm³/mol. The van der Waals surface area contributed by atoms with Crippen molar-refractivity contribution in [2.75, 3.05) is 6.61 Å². The van der Waals surface area contributed by atoms with Crippen molar-refractivity contribution in [3.8, 4) is 11.5 Å².